The van der Waals surface area contributed by atoms with E-state index in [1.807, 2.05) is 0 Å². The van der Waals surface area contributed by atoms with Gasteiger partial charge in [0.05, 0.1) is 12.1 Å². The first-order valence-corrected chi connectivity index (χ1v) is 5.73. The molecule has 3 N–H and O–H groups in total. The molecule has 4 nitrogen and oxygen atoms in total. The van der Waals surface area contributed by atoms with Crippen molar-refractivity contribution in [3.05, 3.63) is 0 Å². The van der Waals surface area contributed by atoms with Crippen molar-refractivity contribution in [1.82, 2.24) is 10.6 Å². The van der Waals surface area contributed by atoms with Gasteiger partial charge in [0.25, 0.3) is 0 Å². The van der Waals surface area contributed by atoms with Crippen molar-refractivity contribution >= 4 is 5.91 Å². The zero-order chi connectivity index (χ0) is 11.3. The lowest BCUT2D eigenvalue weighted by atomic mass is 10.2. The van der Waals surface area contributed by atoms with Crippen LogP contribution < -0.4 is 10.6 Å². The van der Waals surface area contributed by atoms with Crippen LogP contribution in [-0.4, -0.2) is 35.7 Å². The molecular formula is C11H22N2O2. The lowest BCUT2D eigenvalue weighted by Crippen LogP contribution is -2.39. The van der Waals surface area contributed by atoms with Crippen LogP contribution in [0.1, 0.15) is 39.5 Å². The third kappa shape index (κ3) is 4.62. The maximum atomic E-state index is 11.5. The predicted molar refractivity (Wildman–Crippen MR) is 59.6 cm³/mol. The first-order chi connectivity index (χ1) is 7.08. The van der Waals surface area contributed by atoms with E-state index >= 15 is 0 Å². The van der Waals surface area contributed by atoms with Crippen LogP contribution in [0, 0.1) is 0 Å². The zero-order valence-electron chi connectivity index (χ0n) is 9.68. The van der Waals surface area contributed by atoms with Crippen LogP contribution in [0.3, 0.4) is 0 Å². The fourth-order valence-electron chi connectivity index (χ4n) is 1.47. The number of hydrogen-bond donors (Lipinski definition) is 3. The van der Waals surface area contributed by atoms with E-state index in [1.165, 1.54) is 0 Å². The Morgan fingerprint density at radius 3 is 2.60 bits per heavy atom. The van der Waals surface area contributed by atoms with Gasteiger partial charge in [-0.05, 0) is 25.8 Å². The van der Waals surface area contributed by atoms with Crippen LogP contribution in [0.5, 0.6) is 0 Å². The molecule has 0 radical (unpaired) electrons. The fourth-order valence-corrected chi connectivity index (χ4v) is 1.47. The normalized spacial score (nSPS) is 17.9. The highest BCUT2D eigenvalue weighted by Gasteiger charge is 2.43. The molecule has 0 atom stereocenters. The summed E-state index contributed by atoms with van der Waals surface area (Å²) in [4.78, 5) is 11.5. The third-order valence-electron chi connectivity index (χ3n) is 2.69. The monoisotopic (exact) mass is 214 g/mol. The van der Waals surface area contributed by atoms with Crippen LogP contribution >= 0.6 is 0 Å². The minimum Gasteiger partial charge on any atom is -0.394 e. The molecule has 1 aliphatic rings. The molecule has 1 rings (SSSR count). The second kappa shape index (κ2) is 5.47. The van der Waals surface area contributed by atoms with Gasteiger partial charge in [-0.2, -0.15) is 0 Å². The molecule has 1 aliphatic carbocycles. The van der Waals surface area contributed by atoms with Crippen molar-refractivity contribution in [2.24, 2.45) is 0 Å². The van der Waals surface area contributed by atoms with Gasteiger partial charge in [0.1, 0.15) is 0 Å². The number of hydrogen-bond acceptors (Lipinski definition) is 3. The van der Waals surface area contributed by atoms with Gasteiger partial charge < -0.3 is 15.7 Å². The van der Waals surface area contributed by atoms with Gasteiger partial charge in [-0.25, -0.2) is 0 Å². The first kappa shape index (κ1) is 12.5. The Balaban J connectivity index is 2.04. The van der Waals surface area contributed by atoms with Gasteiger partial charge >= 0.3 is 0 Å². The molecule has 0 heterocycles. The summed E-state index contributed by atoms with van der Waals surface area (Å²) in [6.07, 6.45) is 3.23. The summed E-state index contributed by atoms with van der Waals surface area (Å²) < 4.78 is 0. The Morgan fingerprint density at radius 1 is 1.47 bits per heavy atom. The summed E-state index contributed by atoms with van der Waals surface area (Å²) in [5, 5.41) is 15.2. The van der Waals surface area contributed by atoms with Crippen LogP contribution in [0.4, 0.5) is 0 Å². The third-order valence-corrected chi connectivity index (χ3v) is 2.69. The Bertz CT molecular complexity index is 213. The number of carbonyl (C=O) groups is 1. The number of aliphatic hydroxyl groups excluding tert-OH is 1. The van der Waals surface area contributed by atoms with E-state index in [4.69, 9.17) is 5.11 Å². The molecule has 1 amide bonds. The number of rotatable bonds is 7. The highest BCUT2D eigenvalue weighted by atomic mass is 16.3. The Kier molecular flexibility index (Phi) is 4.54. The molecule has 1 fully saturated rings. The molecule has 15 heavy (non-hydrogen) atoms. The molecule has 0 bridgehead atoms. The summed E-state index contributed by atoms with van der Waals surface area (Å²) in [5.41, 5.74) is -0.261. The smallest absolute Gasteiger partial charge is 0.220 e. The number of nitrogens with one attached hydrogen (secondary N) is 2. The van der Waals surface area contributed by atoms with E-state index in [1.54, 1.807) is 0 Å². The van der Waals surface area contributed by atoms with E-state index in [0.29, 0.717) is 12.5 Å². The van der Waals surface area contributed by atoms with Gasteiger partial charge in [-0.15, -0.1) is 0 Å². The highest BCUT2D eigenvalue weighted by molar-refractivity contribution is 5.77. The number of carbonyl (C=O) groups excluding carboxylic acids is 1. The molecule has 0 aliphatic heterocycles. The lowest BCUT2D eigenvalue weighted by molar-refractivity contribution is -0.122. The summed E-state index contributed by atoms with van der Waals surface area (Å²) in [6, 6.07) is 0.472. The Labute approximate surface area is 91.4 Å². The van der Waals surface area contributed by atoms with Crippen molar-refractivity contribution in [1.29, 1.82) is 0 Å². The molecule has 1 saturated carbocycles. The Morgan fingerprint density at radius 2 is 2.13 bits per heavy atom. The molecule has 0 aromatic heterocycles. The Hall–Kier alpha value is -0.610. The second-order valence-electron chi connectivity index (χ2n) is 4.70. The molecule has 4 heteroatoms. The maximum Gasteiger partial charge on any atom is 0.220 e. The van der Waals surface area contributed by atoms with Gasteiger partial charge in [0, 0.05) is 12.5 Å². The van der Waals surface area contributed by atoms with Crippen molar-refractivity contribution in [2.45, 2.75) is 51.1 Å². The molecule has 0 spiro atoms. The summed E-state index contributed by atoms with van der Waals surface area (Å²) in [5.74, 6) is 0.0621. The van der Waals surface area contributed by atoms with E-state index in [9.17, 15) is 4.79 Å². The van der Waals surface area contributed by atoms with E-state index in [0.717, 1.165) is 25.8 Å². The lowest BCUT2D eigenvalue weighted by Gasteiger charge is -2.14. The van der Waals surface area contributed by atoms with E-state index in [-0.39, 0.29) is 18.1 Å². The molecule has 0 unspecified atom stereocenters. The summed E-state index contributed by atoms with van der Waals surface area (Å²) >= 11 is 0. The largest absolute Gasteiger partial charge is 0.394 e. The van der Waals surface area contributed by atoms with E-state index in [2.05, 4.69) is 24.5 Å². The molecular weight excluding hydrogens is 192 g/mol. The summed E-state index contributed by atoms with van der Waals surface area (Å²) in [7, 11) is 0. The minimum atomic E-state index is -0.261. The SMILES string of the molecule is CC(C)NCCCC(=O)NC1(CO)CC1. The maximum absolute atomic E-state index is 11.5. The molecule has 0 aromatic carbocycles. The van der Waals surface area contributed by atoms with Crippen LogP contribution in [0.2, 0.25) is 0 Å². The van der Waals surface area contributed by atoms with Crippen molar-refractivity contribution < 1.29 is 9.90 Å². The van der Waals surface area contributed by atoms with Crippen LogP contribution in [-0.2, 0) is 4.79 Å². The zero-order valence-corrected chi connectivity index (χ0v) is 9.68. The van der Waals surface area contributed by atoms with Gasteiger partial charge in [0.2, 0.25) is 5.91 Å². The van der Waals surface area contributed by atoms with Gasteiger partial charge in [0.15, 0.2) is 0 Å². The quantitative estimate of drug-likeness (QED) is 0.538. The number of amides is 1. The fraction of sp³-hybridized carbons (Fsp3) is 0.909. The topological polar surface area (TPSA) is 61.4 Å². The first-order valence-electron chi connectivity index (χ1n) is 5.73. The highest BCUT2D eigenvalue weighted by Crippen LogP contribution is 2.34. The second-order valence-corrected chi connectivity index (χ2v) is 4.70. The van der Waals surface area contributed by atoms with Crippen molar-refractivity contribution in [2.75, 3.05) is 13.2 Å². The standard InChI is InChI=1S/C11H22N2O2/c1-9(2)12-7-3-4-10(15)13-11(8-14)5-6-11/h9,12,14H,3-8H2,1-2H3,(H,13,15). The van der Waals surface area contributed by atoms with Crippen molar-refractivity contribution in [3.63, 3.8) is 0 Å². The molecule has 0 saturated heterocycles. The van der Waals surface area contributed by atoms with Crippen molar-refractivity contribution in [3.8, 4) is 0 Å². The summed E-state index contributed by atoms with van der Waals surface area (Å²) in [6.45, 7) is 5.12. The predicted octanol–water partition coefficient (Wildman–Crippen LogP) is 0.406. The number of aliphatic hydroxyl groups is 1. The van der Waals surface area contributed by atoms with Gasteiger partial charge in [-0.1, -0.05) is 13.8 Å². The van der Waals surface area contributed by atoms with Crippen LogP contribution in [0.25, 0.3) is 0 Å². The average Bonchev–Trinajstić information content (AvgIpc) is 2.93. The van der Waals surface area contributed by atoms with Gasteiger partial charge in [-0.3, -0.25) is 4.79 Å². The van der Waals surface area contributed by atoms with E-state index < -0.39 is 0 Å². The molecule has 0 aromatic rings. The minimum absolute atomic E-state index is 0.0621. The van der Waals surface area contributed by atoms with Crippen LogP contribution in [0.15, 0.2) is 0 Å². The molecule has 88 valence electrons. The average molecular weight is 214 g/mol.